The van der Waals surface area contributed by atoms with Gasteiger partial charge in [-0.1, -0.05) is 17.7 Å². The minimum Gasteiger partial charge on any atom is -0.486 e. The lowest BCUT2D eigenvalue weighted by molar-refractivity contribution is -0.134. The Morgan fingerprint density at radius 2 is 2.00 bits per heavy atom. The van der Waals surface area contributed by atoms with Gasteiger partial charge in [0.1, 0.15) is 19.0 Å². The highest BCUT2D eigenvalue weighted by Gasteiger charge is 2.31. The summed E-state index contributed by atoms with van der Waals surface area (Å²) in [5.74, 6) is 2.08. The fraction of sp³-hybridized carbons (Fsp3) is 0.350. The van der Waals surface area contributed by atoms with Gasteiger partial charge in [-0.3, -0.25) is 4.79 Å². The molecule has 2 aromatic carbocycles. The van der Waals surface area contributed by atoms with Crippen LogP contribution in [0.2, 0.25) is 5.02 Å². The first-order valence-electron chi connectivity index (χ1n) is 8.89. The van der Waals surface area contributed by atoms with Gasteiger partial charge in [0.15, 0.2) is 18.1 Å². The zero-order chi connectivity index (χ0) is 18.8. The Balaban J connectivity index is 1.45. The number of benzene rings is 2. The van der Waals surface area contributed by atoms with Crippen molar-refractivity contribution >= 4 is 33.4 Å². The summed E-state index contributed by atoms with van der Waals surface area (Å²) < 4.78 is 17.7. The number of carbonyl (C=O) groups excluding carboxylic acids is 1. The Hall–Kier alpha value is -1.92. The minimum absolute atomic E-state index is 0.0126. The van der Waals surface area contributed by atoms with Gasteiger partial charge in [-0.25, -0.2) is 0 Å². The molecule has 7 heteroatoms. The first-order chi connectivity index (χ1) is 13.1. The predicted molar refractivity (Wildman–Crippen MR) is 106 cm³/mol. The van der Waals surface area contributed by atoms with Crippen molar-refractivity contribution in [2.45, 2.75) is 18.9 Å². The van der Waals surface area contributed by atoms with Crippen LogP contribution in [0.3, 0.4) is 0 Å². The average molecular weight is 453 g/mol. The molecule has 0 bridgehead atoms. The number of amides is 1. The molecule has 27 heavy (non-hydrogen) atoms. The predicted octanol–water partition coefficient (Wildman–Crippen LogP) is 4.62. The van der Waals surface area contributed by atoms with Gasteiger partial charge in [0, 0.05) is 11.6 Å². The maximum absolute atomic E-state index is 12.8. The van der Waals surface area contributed by atoms with Crippen LogP contribution in [-0.2, 0) is 4.79 Å². The molecule has 5 nitrogen and oxygen atoms in total. The summed E-state index contributed by atoms with van der Waals surface area (Å²) in [7, 11) is 0. The van der Waals surface area contributed by atoms with E-state index in [1.165, 1.54) is 0 Å². The summed E-state index contributed by atoms with van der Waals surface area (Å²) in [6.07, 6.45) is 1.89. The lowest BCUT2D eigenvalue weighted by Crippen LogP contribution is -2.34. The normalized spacial score (nSPS) is 18.4. The van der Waals surface area contributed by atoms with Crippen molar-refractivity contribution in [3.05, 3.63) is 51.5 Å². The van der Waals surface area contributed by atoms with E-state index in [0.29, 0.717) is 24.0 Å². The highest BCUT2D eigenvalue weighted by molar-refractivity contribution is 9.10. The number of fused-ring (bicyclic) bond motifs is 1. The number of rotatable bonds is 4. The third kappa shape index (κ3) is 4.01. The van der Waals surface area contributed by atoms with Gasteiger partial charge in [-0.15, -0.1) is 0 Å². The maximum atomic E-state index is 12.8. The smallest absolute Gasteiger partial charge is 0.261 e. The molecule has 1 saturated heterocycles. The molecule has 1 fully saturated rings. The summed E-state index contributed by atoms with van der Waals surface area (Å²) in [6, 6.07) is 11.2. The largest absolute Gasteiger partial charge is 0.486 e. The van der Waals surface area contributed by atoms with E-state index in [0.717, 1.165) is 40.9 Å². The summed E-state index contributed by atoms with van der Waals surface area (Å²) in [5, 5.41) is 0.610. The monoisotopic (exact) mass is 451 g/mol. The molecule has 0 radical (unpaired) electrons. The lowest BCUT2D eigenvalue weighted by Gasteiger charge is -2.27. The second kappa shape index (κ2) is 7.98. The van der Waals surface area contributed by atoms with Crippen molar-refractivity contribution in [3.8, 4) is 17.2 Å². The molecule has 1 atom stereocenters. The molecule has 1 unspecified atom stereocenters. The van der Waals surface area contributed by atoms with Gasteiger partial charge < -0.3 is 19.1 Å². The number of carbonyl (C=O) groups is 1. The number of hydrogen-bond acceptors (Lipinski definition) is 4. The van der Waals surface area contributed by atoms with E-state index in [1.54, 1.807) is 18.2 Å². The zero-order valence-electron chi connectivity index (χ0n) is 14.6. The molecule has 0 saturated carbocycles. The minimum atomic E-state index is -0.0331. The standard InChI is InChI=1S/C20H19BrClNO4/c21-15-11-14(22)4-6-17(15)27-12-20(24)23-7-1-2-16(23)13-3-5-18-19(10-13)26-9-8-25-18/h3-6,10-11,16H,1-2,7-9,12H2. The second-order valence-corrected chi connectivity index (χ2v) is 7.80. The van der Waals surface area contributed by atoms with Crippen LogP contribution < -0.4 is 14.2 Å². The fourth-order valence-electron chi connectivity index (χ4n) is 3.49. The van der Waals surface area contributed by atoms with Crippen molar-refractivity contribution in [2.24, 2.45) is 0 Å². The van der Waals surface area contributed by atoms with Crippen LogP contribution in [0.1, 0.15) is 24.4 Å². The molecule has 2 aromatic rings. The first kappa shape index (κ1) is 18.4. The Kier molecular flexibility index (Phi) is 5.45. The molecule has 0 spiro atoms. The molecule has 2 aliphatic rings. The maximum Gasteiger partial charge on any atom is 0.261 e. The van der Waals surface area contributed by atoms with E-state index in [1.807, 2.05) is 23.1 Å². The lowest BCUT2D eigenvalue weighted by atomic mass is 10.0. The molecule has 1 amide bonds. The molecule has 142 valence electrons. The van der Waals surface area contributed by atoms with Crippen molar-refractivity contribution < 1.29 is 19.0 Å². The number of nitrogens with zero attached hydrogens (tertiary/aromatic N) is 1. The highest BCUT2D eigenvalue weighted by Crippen LogP contribution is 2.38. The summed E-state index contributed by atoms with van der Waals surface area (Å²) in [4.78, 5) is 14.7. The van der Waals surface area contributed by atoms with Crippen molar-refractivity contribution in [1.82, 2.24) is 4.90 Å². The number of ether oxygens (including phenoxy) is 3. The van der Waals surface area contributed by atoms with Crippen molar-refractivity contribution in [2.75, 3.05) is 26.4 Å². The van der Waals surface area contributed by atoms with Crippen molar-refractivity contribution in [1.29, 1.82) is 0 Å². The third-order valence-electron chi connectivity index (χ3n) is 4.77. The van der Waals surface area contributed by atoms with Crippen LogP contribution in [0, 0.1) is 0 Å². The molecule has 0 N–H and O–H groups in total. The molecule has 4 rings (SSSR count). The number of halogens is 2. The van der Waals surface area contributed by atoms with E-state index < -0.39 is 0 Å². The van der Waals surface area contributed by atoms with Crippen LogP contribution in [-0.4, -0.2) is 37.2 Å². The number of hydrogen-bond donors (Lipinski definition) is 0. The molecular formula is C20H19BrClNO4. The summed E-state index contributed by atoms with van der Waals surface area (Å²) in [6.45, 7) is 1.83. The third-order valence-corrected chi connectivity index (χ3v) is 5.62. The van der Waals surface area contributed by atoms with E-state index in [9.17, 15) is 4.79 Å². The summed E-state index contributed by atoms with van der Waals surface area (Å²) >= 11 is 9.34. The van der Waals surface area contributed by atoms with Gasteiger partial charge in [0.2, 0.25) is 0 Å². The van der Waals surface area contributed by atoms with Gasteiger partial charge in [-0.05, 0) is 64.7 Å². The molecular weight excluding hydrogens is 434 g/mol. The molecule has 0 aliphatic carbocycles. The topological polar surface area (TPSA) is 48.0 Å². The Morgan fingerprint density at radius 1 is 1.19 bits per heavy atom. The fourth-order valence-corrected chi connectivity index (χ4v) is 4.29. The Labute approximate surface area is 171 Å². The van der Waals surface area contributed by atoms with E-state index in [4.69, 9.17) is 25.8 Å². The van der Waals surface area contributed by atoms with Crippen LogP contribution in [0.25, 0.3) is 0 Å². The first-order valence-corrected chi connectivity index (χ1v) is 10.1. The van der Waals surface area contributed by atoms with Crippen LogP contribution in [0.15, 0.2) is 40.9 Å². The second-order valence-electron chi connectivity index (χ2n) is 6.51. The van der Waals surface area contributed by atoms with Crippen LogP contribution >= 0.6 is 27.5 Å². The molecule has 2 heterocycles. The zero-order valence-corrected chi connectivity index (χ0v) is 17.0. The van der Waals surface area contributed by atoms with Crippen molar-refractivity contribution in [3.63, 3.8) is 0 Å². The quantitative estimate of drug-likeness (QED) is 0.679. The van der Waals surface area contributed by atoms with Gasteiger partial charge in [0.05, 0.1) is 10.5 Å². The van der Waals surface area contributed by atoms with E-state index in [-0.39, 0.29) is 18.6 Å². The van der Waals surface area contributed by atoms with E-state index >= 15 is 0 Å². The molecule has 0 aromatic heterocycles. The van der Waals surface area contributed by atoms with Gasteiger partial charge in [-0.2, -0.15) is 0 Å². The van der Waals surface area contributed by atoms with Crippen LogP contribution in [0.5, 0.6) is 17.2 Å². The summed E-state index contributed by atoms with van der Waals surface area (Å²) in [5.41, 5.74) is 1.07. The number of likely N-dealkylation sites (tertiary alicyclic amines) is 1. The van der Waals surface area contributed by atoms with Gasteiger partial charge >= 0.3 is 0 Å². The van der Waals surface area contributed by atoms with Gasteiger partial charge in [0.25, 0.3) is 5.91 Å². The SMILES string of the molecule is O=C(COc1ccc(Cl)cc1Br)N1CCCC1c1ccc2c(c1)OCCO2. The Bertz CT molecular complexity index is 860. The van der Waals surface area contributed by atoms with Crippen LogP contribution in [0.4, 0.5) is 0 Å². The average Bonchev–Trinajstić information content (AvgIpc) is 3.16. The Morgan fingerprint density at radius 3 is 2.81 bits per heavy atom. The van der Waals surface area contributed by atoms with E-state index in [2.05, 4.69) is 15.9 Å². The highest BCUT2D eigenvalue weighted by atomic mass is 79.9. The molecule has 2 aliphatic heterocycles.